The molecule has 2 aromatic rings. The first kappa shape index (κ1) is 42.2. The Kier molecular flexibility index (Phi) is 26.7. The summed E-state index contributed by atoms with van der Waals surface area (Å²) in [6, 6.07) is 10.9. The summed E-state index contributed by atoms with van der Waals surface area (Å²) in [5.74, 6) is -4.67. The molecule has 16 heteroatoms. The second-order valence-electron chi connectivity index (χ2n) is 4.46. The molecule has 0 aromatic heterocycles. The maximum Gasteiger partial charge on any atom is 0.373 e. The molecule has 0 aliphatic rings. The number of carboxylic acid groups (broad SMARTS) is 2. The molecule has 0 heterocycles. The third-order valence-corrected chi connectivity index (χ3v) is 2.92. The summed E-state index contributed by atoms with van der Waals surface area (Å²) in [6.45, 7) is 0. The molecule has 0 spiro atoms. The van der Waals surface area contributed by atoms with Crippen LogP contribution in [0.5, 0.6) is 0 Å². The van der Waals surface area contributed by atoms with Gasteiger partial charge < -0.3 is 43.1 Å². The second kappa shape index (κ2) is 20.3. The van der Waals surface area contributed by atoms with Gasteiger partial charge in [-0.05, 0) is 24.3 Å². The summed E-state index contributed by atoms with van der Waals surface area (Å²) in [5.41, 5.74) is -0.780. The van der Waals surface area contributed by atoms with Gasteiger partial charge in [-0.15, -0.1) is 0 Å². The van der Waals surface area contributed by atoms with Gasteiger partial charge in [0.15, 0.2) is 0 Å². The van der Waals surface area contributed by atoms with E-state index >= 15 is 0 Å². The minimum Gasteiger partial charge on any atom is -0.478 e. The van der Waals surface area contributed by atoms with E-state index in [0.29, 0.717) is 0 Å². The Labute approximate surface area is 178 Å². The van der Waals surface area contributed by atoms with Gasteiger partial charge in [0.05, 0.1) is 22.3 Å². The van der Waals surface area contributed by atoms with Crippen molar-refractivity contribution >= 4 is 23.9 Å². The maximum atomic E-state index is 10.8. The summed E-state index contributed by atoms with van der Waals surface area (Å²) in [6.07, 6.45) is 0. The lowest BCUT2D eigenvalue weighted by Crippen LogP contribution is -2.09. The van der Waals surface area contributed by atoms with E-state index in [1.807, 2.05) is 0 Å². The zero-order valence-electron chi connectivity index (χ0n) is 15.9. The number of carbonyl (C=O) groups excluding carboxylic acids is 2. The molecule has 2 rings (SSSR count). The Morgan fingerprint density at radius 3 is 0.906 bits per heavy atom. The Morgan fingerprint density at radius 2 is 0.719 bits per heavy atom. The van der Waals surface area contributed by atoms with E-state index in [1.165, 1.54) is 48.5 Å². The SMILES string of the molecule is O.O.O.O.O.O.O=C(O)c1ccccc1C(=O)OO.O=C(O)c1ccccc1C(=O)OO. The van der Waals surface area contributed by atoms with Crippen molar-refractivity contribution in [2.75, 3.05) is 0 Å². The number of carboxylic acids is 2. The van der Waals surface area contributed by atoms with Crippen LogP contribution in [0.15, 0.2) is 48.5 Å². The smallest absolute Gasteiger partial charge is 0.373 e. The number of benzene rings is 2. The van der Waals surface area contributed by atoms with Crippen molar-refractivity contribution < 1.29 is 82.5 Å². The Hall–Kier alpha value is -4.00. The van der Waals surface area contributed by atoms with Crippen LogP contribution in [0.4, 0.5) is 0 Å². The van der Waals surface area contributed by atoms with Crippen molar-refractivity contribution in [1.29, 1.82) is 0 Å². The van der Waals surface area contributed by atoms with Crippen molar-refractivity contribution in [3.05, 3.63) is 70.8 Å². The lowest BCUT2D eigenvalue weighted by atomic mass is 10.1. The molecular weight excluding hydrogens is 448 g/mol. The van der Waals surface area contributed by atoms with Crippen molar-refractivity contribution in [2.45, 2.75) is 0 Å². The van der Waals surface area contributed by atoms with Gasteiger partial charge >= 0.3 is 23.9 Å². The van der Waals surface area contributed by atoms with Crippen LogP contribution < -0.4 is 0 Å². The Morgan fingerprint density at radius 1 is 0.500 bits per heavy atom. The summed E-state index contributed by atoms with van der Waals surface area (Å²) in [5, 5.41) is 33.3. The highest BCUT2D eigenvalue weighted by Gasteiger charge is 2.17. The molecule has 16 nitrogen and oxygen atoms in total. The van der Waals surface area contributed by atoms with E-state index in [-0.39, 0.29) is 55.1 Å². The largest absolute Gasteiger partial charge is 0.478 e. The zero-order chi connectivity index (χ0) is 19.7. The highest BCUT2D eigenvalue weighted by atomic mass is 17.1. The van der Waals surface area contributed by atoms with Crippen LogP contribution in [0.25, 0.3) is 0 Å². The van der Waals surface area contributed by atoms with Crippen molar-refractivity contribution in [1.82, 2.24) is 0 Å². The first-order valence-electron chi connectivity index (χ1n) is 6.69. The van der Waals surface area contributed by atoms with E-state index in [1.54, 1.807) is 0 Å². The van der Waals surface area contributed by atoms with Crippen LogP contribution in [-0.2, 0) is 9.78 Å². The molecule has 0 aliphatic heterocycles. The molecule has 0 saturated heterocycles. The summed E-state index contributed by atoms with van der Waals surface area (Å²) >= 11 is 0. The Balaban J connectivity index is -0.0000000889. The van der Waals surface area contributed by atoms with E-state index in [9.17, 15) is 19.2 Å². The average Bonchev–Trinajstić information content (AvgIpc) is 2.67. The molecule has 32 heavy (non-hydrogen) atoms. The molecule has 2 aromatic carbocycles. The van der Waals surface area contributed by atoms with Crippen LogP contribution >= 0.6 is 0 Å². The van der Waals surface area contributed by atoms with Crippen LogP contribution in [0.1, 0.15) is 41.4 Å². The van der Waals surface area contributed by atoms with Gasteiger partial charge in [0.25, 0.3) is 0 Å². The average molecular weight is 472 g/mol. The molecule has 16 N–H and O–H groups in total. The minimum atomic E-state index is -1.25. The number of carbonyl (C=O) groups is 4. The molecular formula is C16H24O16. The fraction of sp³-hybridized carbons (Fsp3) is 0. The van der Waals surface area contributed by atoms with E-state index in [2.05, 4.69) is 9.78 Å². The third kappa shape index (κ3) is 11.3. The first-order valence-corrected chi connectivity index (χ1v) is 6.69. The fourth-order valence-corrected chi connectivity index (χ4v) is 1.79. The highest BCUT2D eigenvalue weighted by molar-refractivity contribution is 6.02. The molecule has 0 radical (unpaired) electrons. The van der Waals surface area contributed by atoms with Gasteiger partial charge in [0.2, 0.25) is 0 Å². The van der Waals surface area contributed by atoms with Crippen molar-refractivity contribution in [3.8, 4) is 0 Å². The van der Waals surface area contributed by atoms with Crippen LogP contribution in [0.3, 0.4) is 0 Å². The fourth-order valence-electron chi connectivity index (χ4n) is 1.79. The first-order chi connectivity index (χ1) is 12.3. The molecule has 0 amide bonds. The quantitative estimate of drug-likeness (QED) is 0.259. The maximum absolute atomic E-state index is 10.8. The van der Waals surface area contributed by atoms with Crippen molar-refractivity contribution in [2.24, 2.45) is 0 Å². The summed E-state index contributed by atoms with van der Waals surface area (Å²) < 4.78 is 0. The molecule has 0 unspecified atom stereocenters. The number of hydrogen-bond acceptors (Lipinski definition) is 8. The summed E-state index contributed by atoms with van der Waals surface area (Å²) in [7, 11) is 0. The van der Waals surface area contributed by atoms with E-state index < -0.39 is 23.9 Å². The van der Waals surface area contributed by atoms with E-state index in [0.717, 1.165) is 0 Å². The number of hydrogen-bond donors (Lipinski definition) is 4. The van der Waals surface area contributed by atoms with Crippen LogP contribution in [-0.4, -0.2) is 77.5 Å². The number of aromatic carboxylic acids is 2. The normalized spacial score (nSPS) is 7.56. The van der Waals surface area contributed by atoms with Crippen LogP contribution in [0.2, 0.25) is 0 Å². The lowest BCUT2D eigenvalue weighted by Gasteiger charge is -2.00. The van der Waals surface area contributed by atoms with Crippen molar-refractivity contribution in [3.63, 3.8) is 0 Å². The summed E-state index contributed by atoms with van der Waals surface area (Å²) in [4.78, 5) is 49.6. The highest BCUT2D eigenvalue weighted by Crippen LogP contribution is 2.10. The van der Waals surface area contributed by atoms with Gasteiger partial charge in [-0.3, -0.25) is 9.78 Å². The topological polar surface area (TPSA) is 357 Å². The van der Waals surface area contributed by atoms with Gasteiger partial charge in [0.1, 0.15) is 0 Å². The van der Waals surface area contributed by atoms with Gasteiger partial charge in [-0.2, -0.15) is 10.5 Å². The molecule has 0 aliphatic carbocycles. The van der Waals surface area contributed by atoms with Crippen LogP contribution in [0, 0.1) is 0 Å². The monoisotopic (exact) mass is 472 g/mol. The second-order valence-corrected chi connectivity index (χ2v) is 4.46. The molecule has 0 atom stereocenters. The lowest BCUT2D eigenvalue weighted by molar-refractivity contribution is -0.182. The standard InChI is InChI=1S/2C8H6O5.6H2O/c2*9-7(10)5-3-1-2-4-6(5)8(11)13-12;;;;;;/h2*1-4,12H,(H,9,10);6*1H2. The van der Waals surface area contributed by atoms with Gasteiger partial charge in [-0.25, -0.2) is 19.2 Å². The van der Waals surface area contributed by atoms with Gasteiger partial charge in [0, 0.05) is 0 Å². The molecule has 0 fully saturated rings. The Bertz CT molecular complexity index is 765. The molecule has 0 saturated carbocycles. The molecule has 184 valence electrons. The van der Waals surface area contributed by atoms with Gasteiger partial charge in [-0.1, -0.05) is 24.3 Å². The third-order valence-electron chi connectivity index (χ3n) is 2.92. The predicted molar refractivity (Wildman–Crippen MR) is 105 cm³/mol. The van der Waals surface area contributed by atoms with E-state index in [4.69, 9.17) is 20.7 Å². The molecule has 0 bridgehead atoms. The zero-order valence-corrected chi connectivity index (χ0v) is 15.9. The number of rotatable bonds is 4. The predicted octanol–water partition coefficient (Wildman–Crippen LogP) is -2.92. The minimum absolute atomic E-state index is 0.